The standard InChI is InChI=1S/C20H18N4O2S/c1-12-9-13(2)23-20(22-12)27-11-16-4-6-18(26-16)19(25)24-15-3-5-17-14(10-15)7-8-21-17/h3-10,21H,11H2,1-2H3,(H,24,25). The maximum Gasteiger partial charge on any atom is 0.291 e. The molecule has 1 amide bonds. The fourth-order valence-corrected chi connectivity index (χ4v) is 3.64. The fraction of sp³-hybridized carbons (Fsp3) is 0.150. The van der Waals surface area contributed by atoms with Crippen LogP contribution in [0.25, 0.3) is 10.9 Å². The Morgan fingerprint density at radius 2 is 1.93 bits per heavy atom. The van der Waals surface area contributed by atoms with Gasteiger partial charge in [-0.3, -0.25) is 4.79 Å². The van der Waals surface area contributed by atoms with E-state index in [4.69, 9.17) is 4.42 Å². The number of benzene rings is 1. The summed E-state index contributed by atoms with van der Waals surface area (Å²) in [4.78, 5) is 24.3. The lowest BCUT2D eigenvalue weighted by molar-refractivity contribution is 0.0995. The number of amides is 1. The molecule has 6 nitrogen and oxygen atoms in total. The van der Waals surface area contributed by atoms with Crippen molar-refractivity contribution in [3.63, 3.8) is 0 Å². The number of rotatable bonds is 5. The normalized spacial score (nSPS) is 11.0. The number of hydrogen-bond acceptors (Lipinski definition) is 5. The second-order valence-corrected chi connectivity index (χ2v) is 7.16. The summed E-state index contributed by atoms with van der Waals surface area (Å²) in [5.41, 5.74) is 3.62. The molecule has 0 radical (unpaired) electrons. The summed E-state index contributed by atoms with van der Waals surface area (Å²) in [6.45, 7) is 3.89. The minimum atomic E-state index is -0.274. The zero-order valence-corrected chi connectivity index (χ0v) is 15.8. The van der Waals surface area contributed by atoms with E-state index in [0.29, 0.717) is 16.7 Å². The highest BCUT2D eigenvalue weighted by atomic mass is 32.2. The molecule has 7 heteroatoms. The molecule has 0 atom stereocenters. The Morgan fingerprint density at radius 1 is 1.11 bits per heavy atom. The van der Waals surface area contributed by atoms with Gasteiger partial charge in [0.05, 0.1) is 5.75 Å². The molecule has 0 fully saturated rings. The average molecular weight is 378 g/mol. The van der Waals surface area contributed by atoms with E-state index >= 15 is 0 Å². The second-order valence-electron chi connectivity index (χ2n) is 6.22. The molecule has 0 saturated carbocycles. The number of fused-ring (bicyclic) bond motifs is 1. The van der Waals surface area contributed by atoms with Crippen molar-refractivity contribution in [2.24, 2.45) is 0 Å². The third-order valence-corrected chi connectivity index (χ3v) is 4.87. The number of anilines is 1. The van der Waals surface area contributed by atoms with E-state index in [1.165, 1.54) is 11.8 Å². The number of hydrogen-bond donors (Lipinski definition) is 2. The predicted octanol–water partition coefficient (Wildman–Crippen LogP) is 4.71. The maximum atomic E-state index is 12.4. The summed E-state index contributed by atoms with van der Waals surface area (Å²) in [7, 11) is 0. The number of carbonyl (C=O) groups excluding carboxylic acids is 1. The summed E-state index contributed by atoms with van der Waals surface area (Å²) in [6, 6.07) is 13.1. The molecule has 2 N–H and O–H groups in total. The van der Waals surface area contributed by atoms with Crippen LogP contribution in [0.2, 0.25) is 0 Å². The van der Waals surface area contributed by atoms with Gasteiger partial charge in [-0.15, -0.1) is 0 Å². The quantitative estimate of drug-likeness (QED) is 0.388. The second kappa shape index (κ2) is 7.28. The van der Waals surface area contributed by atoms with Crippen molar-refractivity contribution >= 4 is 34.3 Å². The van der Waals surface area contributed by atoms with Gasteiger partial charge < -0.3 is 14.7 Å². The summed E-state index contributed by atoms with van der Waals surface area (Å²) < 4.78 is 5.68. The van der Waals surface area contributed by atoms with Crippen molar-refractivity contribution in [2.45, 2.75) is 24.8 Å². The van der Waals surface area contributed by atoms with E-state index in [1.54, 1.807) is 12.1 Å². The monoisotopic (exact) mass is 378 g/mol. The first-order valence-corrected chi connectivity index (χ1v) is 9.48. The number of nitrogens with zero attached hydrogens (tertiary/aromatic N) is 2. The van der Waals surface area contributed by atoms with Gasteiger partial charge in [0, 0.05) is 34.2 Å². The van der Waals surface area contributed by atoms with Crippen molar-refractivity contribution in [2.75, 3.05) is 5.32 Å². The van der Waals surface area contributed by atoms with Crippen LogP contribution < -0.4 is 5.32 Å². The highest BCUT2D eigenvalue weighted by molar-refractivity contribution is 7.98. The molecule has 0 saturated heterocycles. The number of thioether (sulfide) groups is 1. The van der Waals surface area contributed by atoms with Gasteiger partial charge in [0.2, 0.25) is 0 Å². The molecule has 4 aromatic rings. The minimum absolute atomic E-state index is 0.274. The number of H-pyrrole nitrogens is 1. The molecular formula is C20H18N4O2S. The Kier molecular flexibility index (Phi) is 4.68. The van der Waals surface area contributed by atoms with Crippen LogP contribution >= 0.6 is 11.8 Å². The van der Waals surface area contributed by atoms with Crippen molar-refractivity contribution in [3.05, 3.63) is 71.6 Å². The molecule has 3 aromatic heterocycles. The highest BCUT2D eigenvalue weighted by Gasteiger charge is 2.13. The SMILES string of the molecule is Cc1cc(C)nc(SCc2ccc(C(=O)Nc3ccc4[nH]ccc4c3)o2)n1. The van der Waals surface area contributed by atoms with Crippen LogP contribution in [0.3, 0.4) is 0 Å². The molecule has 1 aromatic carbocycles. The lowest BCUT2D eigenvalue weighted by Crippen LogP contribution is -2.10. The van der Waals surface area contributed by atoms with Gasteiger partial charge in [-0.05, 0) is 56.3 Å². The Balaban J connectivity index is 1.41. The zero-order chi connectivity index (χ0) is 18.8. The fourth-order valence-electron chi connectivity index (χ4n) is 2.80. The van der Waals surface area contributed by atoms with E-state index in [9.17, 15) is 4.79 Å². The lowest BCUT2D eigenvalue weighted by atomic mass is 10.2. The summed E-state index contributed by atoms with van der Waals surface area (Å²) in [5, 5.41) is 4.61. The van der Waals surface area contributed by atoms with Crippen LogP contribution in [0.5, 0.6) is 0 Å². The number of aromatic nitrogens is 3. The topological polar surface area (TPSA) is 83.8 Å². The van der Waals surface area contributed by atoms with Crippen molar-refractivity contribution in [3.8, 4) is 0 Å². The largest absolute Gasteiger partial charge is 0.455 e. The molecule has 0 aliphatic rings. The van der Waals surface area contributed by atoms with Gasteiger partial charge in [0.15, 0.2) is 10.9 Å². The molecule has 4 rings (SSSR count). The molecule has 3 heterocycles. The number of carbonyl (C=O) groups is 1. The van der Waals surface area contributed by atoms with Crippen LogP contribution in [0.1, 0.15) is 27.7 Å². The summed E-state index contributed by atoms with van der Waals surface area (Å²) >= 11 is 1.48. The van der Waals surface area contributed by atoms with E-state index in [1.807, 2.05) is 50.4 Å². The highest BCUT2D eigenvalue weighted by Crippen LogP contribution is 2.23. The first-order chi connectivity index (χ1) is 13.1. The minimum Gasteiger partial charge on any atom is -0.455 e. The van der Waals surface area contributed by atoms with Crippen LogP contribution in [-0.2, 0) is 5.75 Å². The third-order valence-electron chi connectivity index (χ3n) is 4.00. The molecule has 136 valence electrons. The van der Waals surface area contributed by atoms with Gasteiger partial charge >= 0.3 is 0 Å². The van der Waals surface area contributed by atoms with Crippen LogP contribution in [0, 0.1) is 13.8 Å². The Hall–Kier alpha value is -3.06. The molecule has 27 heavy (non-hydrogen) atoms. The van der Waals surface area contributed by atoms with E-state index < -0.39 is 0 Å². The van der Waals surface area contributed by atoms with Crippen molar-refractivity contribution in [1.82, 2.24) is 15.0 Å². The van der Waals surface area contributed by atoms with Crippen molar-refractivity contribution < 1.29 is 9.21 Å². The van der Waals surface area contributed by atoms with Crippen molar-refractivity contribution in [1.29, 1.82) is 0 Å². The Morgan fingerprint density at radius 3 is 2.74 bits per heavy atom. The Bertz CT molecular complexity index is 1100. The van der Waals surface area contributed by atoms with Crippen LogP contribution in [0.4, 0.5) is 5.69 Å². The van der Waals surface area contributed by atoms with Gasteiger partial charge in [-0.25, -0.2) is 9.97 Å². The van der Waals surface area contributed by atoms with E-state index in [2.05, 4.69) is 20.3 Å². The first-order valence-electron chi connectivity index (χ1n) is 8.49. The van der Waals surface area contributed by atoms with Gasteiger partial charge in [-0.1, -0.05) is 11.8 Å². The van der Waals surface area contributed by atoms with Gasteiger partial charge in [0.1, 0.15) is 5.76 Å². The molecule has 0 unspecified atom stereocenters. The van der Waals surface area contributed by atoms with E-state index in [0.717, 1.165) is 28.0 Å². The number of aromatic amines is 1. The predicted molar refractivity (Wildman–Crippen MR) is 106 cm³/mol. The summed E-state index contributed by atoms with van der Waals surface area (Å²) in [5.74, 6) is 1.27. The molecule has 0 aliphatic carbocycles. The Labute approximate surface area is 160 Å². The molecule has 0 bridgehead atoms. The summed E-state index contributed by atoms with van der Waals surface area (Å²) in [6.07, 6.45) is 1.87. The smallest absolute Gasteiger partial charge is 0.291 e. The molecule has 0 aliphatic heterocycles. The number of nitrogens with one attached hydrogen (secondary N) is 2. The van der Waals surface area contributed by atoms with Crippen LogP contribution in [-0.4, -0.2) is 20.9 Å². The van der Waals surface area contributed by atoms with E-state index in [-0.39, 0.29) is 11.7 Å². The third kappa shape index (κ3) is 4.03. The number of aryl methyl sites for hydroxylation is 2. The molecular weight excluding hydrogens is 360 g/mol. The zero-order valence-electron chi connectivity index (χ0n) is 14.9. The van der Waals surface area contributed by atoms with Gasteiger partial charge in [-0.2, -0.15) is 0 Å². The molecule has 0 spiro atoms. The average Bonchev–Trinajstić information content (AvgIpc) is 3.28. The maximum absolute atomic E-state index is 12.4. The first kappa shape index (κ1) is 17.4. The van der Waals surface area contributed by atoms with Gasteiger partial charge in [0.25, 0.3) is 5.91 Å². The lowest BCUT2D eigenvalue weighted by Gasteiger charge is -2.04. The van der Waals surface area contributed by atoms with Crippen LogP contribution in [0.15, 0.2) is 58.2 Å². The number of furan rings is 1.